The van der Waals surface area contributed by atoms with Crippen LogP contribution in [0.1, 0.15) is 6.92 Å². The van der Waals surface area contributed by atoms with Gasteiger partial charge >= 0.3 is 0 Å². The molecule has 24 heavy (non-hydrogen) atoms. The Morgan fingerprint density at radius 1 is 1.33 bits per heavy atom. The van der Waals surface area contributed by atoms with Gasteiger partial charge < -0.3 is 29.9 Å². The Labute approximate surface area is 136 Å². The van der Waals surface area contributed by atoms with Crippen molar-refractivity contribution >= 4 is 11.6 Å². The number of aliphatic hydroxyl groups is 3. The number of aliphatic imine (C=N–C) groups is 1. The first kappa shape index (κ1) is 18.1. The van der Waals surface area contributed by atoms with E-state index in [1.807, 2.05) is 0 Å². The second kappa shape index (κ2) is 7.53. The molecule has 132 valence electrons. The maximum Gasteiger partial charge on any atom is 0.269 e. The molecular weight excluding hydrogens is 324 g/mol. The first-order chi connectivity index (χ1) is 11.3. The normalized spacial score (nSPS) is 30.8. The molecule has 0 amide bonds. The maximum atomic E-state index is 11.2. The van der Waals surface area contributed by atoms with Crippen molar-refractivity contribution in [1.82, 2.24) is 0 Å². The van der Waals surface area contributed by atoms with Gasteiger partial charge in [-0.15, -0.1) is 0 Å². The molecule has 1 aliphatic rings. The molecule has 0 unspecified atom stereocenters. The van der Waals surface area contributed by atoms with Gasteiger partial charge in [-0.25, -0.2) is 0 Å². The van der Waals surface area contributed by atoms with Crippen LogP contribution in [0.15, 0.2) is 29.3 Å². The summed E-state index contributed by atoms with van der Waals surface area (Å²) in [5, 5.41) is 51.0. The van der Waals surface area contributed by atoms with Gasteiger partial charge in [0.05, 0.1) is 11.5 Å². The number of hydrogen-bond donors (Lipinski definition) is 3. The Kier molecular flexibility index (Phi) is 5.67. The van der Waals surface area contributed by atoms with Crippen LogP contribution in [0.2, 0.25) is 0 Å². The van der Waals surface area contributed by atoms with Crippen LogP contribution in [-0.2, 0) is 4.74 Å². The van der Waals surface area contributed by atoms with E-state index in [1.54, 1.807) is 0 Å². The van der Waals surface area contributed by atoms with E-state index >= 15 is 0 Å². The smallest absolute Gasteiger partial charge is 0.269 e. The molecule has 10 nitrogen and oxygen atoms in total. The van der Waals surface area contributed by atoms with Gasteiger partial charge in [-0.1, -0.05) is 0 Å². The van der Waals surface area contributed by atoms with Gasteiger partial charge in [0.2, 0.25) is 6.29 Å². The van der Waals surface area contributed by atoms with Crippen molar-refractivity contribution in [3.05, 3.63) is 34.4 Å². The highest BCUT2D eigenvalue weighted by atomic mass is 16.7. The summed E-state index contributed by atoms with van der Waals surface area (Å²) in [5.41, 5.74) is -0.138. The van der Waals surface area contributed by atoms with Gasteiger partial charge in [0.15, 0.2) is 0 Å². The average Bonchev–Trinajstić information content (AvgIpc) is 2.54. The van der Waals surface area contributed by atoms with Crippen molar-refractivity contribution in [3.63, 3.8) is 0 Å². The first-order valence-corrected chi connectivity index (χ1v) is 7.08. The van der Waals surface area contributed by atoms with Crippen LogP contribution in [0.4, 0.5) is 5.69 Å². The summed E-state index contributed by atoms with van der Waals surface area (Å²) < 4.78 is 10.8. The Hall–Kier alpha value is -2.27. The molecule has 1 heterocycles. The minimum Gasteiger partial charge on any atom is -0.862 e. The Morgan fingerprint density at radius 2 is 1.96 bits per heavy atom. The fraction of sp³-hybridized carbons (Fsp3) is 0.500. The number of nitrogens with zero attached hydrogens (tertiary/aromatic N) is 2. The van der Waals surface area contributed by atoms with Gasteiger partial charge in [0, 0.05) is 12.1 Å². The van der Waals surface area contributed by atoms with E-state index in [2.05, 4.69) is 4.99 Å². The predicted octanol–water partition coefficient (Wildman–Crippen LogP) is -1.44. The monoisotopic (exact) mass is 341 g/mol. The van der Waals surface area contributed by atoms with Crippen molar-refractivity contribution in [2.24, 2.45) is 4.99 Å². The highest BCUT2D eigenvalue weighted by Crippen LogP contribution is 2.27. The van der Waals surface area contributed by atoms with E-state index in [0.29, 0.717) is 0 Å². The van der Waals surface area contributed by atoms with Crippen LogP contribution in [0, 0.1) is 10.1 Å². The SMILES string of the molecule is CC([O-])=N[C@H]1[C@H](Oc2ccc([N+](=O)[O-])cc2)O[C@H](CO)[C@@H](O)[C@@H]1O. The number of hydrogen-bond acceptors (Lipinski definition) is 9. The van der Waals surface area contributed by atoms with Crippen LogP contribution in [-0.4, -0.2) is 63.4 Å². The fourth-order valence-corrected chi connectivity index (χ4v) is 2.29. The molecule has 0 bridgehead atoms. The summed E-state index contributed by atoms with van der Waals surface area (Å²) >= 11 is 0. The summed E-state index contributed by atoms with van der Waals surface area (Å²) in [5.74, 6) is -0.427. The lowest BCUT2D eigenvalue weighted by atomic mass is 9.97. The third kappa shape index (κ3) is 3.97. The van der Waals surface area contributed by atoms with E-state index in [1.165, 1.54) is 31.2 Å². The van der Waals surface area contributed by atoms with Gasteiger partial charge in [0.1, 0.15) is 30.1 Å². The highest BCUT2D eigenvalue weighted by molar-refractivity contribution is 5.68. The molecule has 0 saturated carbocycles. The topological polar surface area (TPSA) is 158 Å². The van der Waals surface area contributed by atoms with E-state index in [-0.39, 0.29) is 11.4 Å². The predicted molar refractivity (Wildman–Crippen MR) is 78.4 cm³/mol. The quantitative estimate of drug-likeness (QED) is 0.254. The molecule has 2 rings (SSSR count). The molecule has 0 spiro atoms. The molecule has 10 heteroatoms. The van der Waals surface area contributed by atoms with Crippen molar-refractivity contribution in [2.75, 3.05) is 6.61 Å². The number of non-ortho nitro benzene ring substituents is 1. The van der Waals surface area contributed by atoms with Crippen molar-refractivity contribution in [2.45, 2.75) is 37.6 Å². The van der Waals surface area contributed by atoms with E-state index in [0.717, 1.165) is 0 Å². The van der Waals surface area contributed by atoms with E-state index in [9.17, 15) is 30.5 Å². The zero-order valence-corrected chi connectivity index (χ0v) is 12.7. The number of aliphatic hydroxyl groups excluding tert-OH is 3. The standard InChI is InChI=1S/C14H18N2O8/c1-7(18)15-11-13(20)12(19)10(6-17)24-14(11)23-9-4-2-8(3-5-9)16(21)22/h2-5,10-14,17,19-20H,6H2,1H3,(H,15,18)/p-1/t10-,11-,12-,13-,14-/m1/s1. The number of nitro benzene ring substituents is 1. The molecule has 1 aliphatic heterocycles. The molecule has 1 fully saturated rings. The van der Waals surface area contributed by atoms with E-state index in [4.69, 9.17) is 9.47 Å². The minimum atomic E-state index is -1.48. The lowest BCUT2D eigenvalue weighted by Crippen LogP contribution is -2.59. The molecule has 3 N–H and O–H groups in total. The molecule has 1 saturated heterocycles. The van der Waals surface area contributed by atoms with Crippen LogP contribution in [0.25, 0.3) is 0 Å². The second-order valence-electron chi connectivity index (χ2n) is 5.21. The third-order valence-corrected chi connectivity index (χ3v) is 3.48. The Morgan fingerprint density at radius 3 is 2.46 bits per heavy atom. The molecule has 0 aliphatic carbocycles. The van der Waals surface area contributed by atoms with Crippen LogP contribution < -0.4 is 9.84 Å². The van der Waals surface area contributed by atoms with Crippen molar-refractivity contribution in [3.8, 4) is 5.75 Å². The van der Waals surface area contributed by atoms with Gasteiger partial charge in [-0.2, -0.15) is 0 Å². The Balaban J connectivity index is 2.22. The molecule has 5 atom stereocenters. The first-order valence-electron chi connectivity index (χ1n) is 7.08. The van der Waals surface area contributed by atoms with Gasteiger partial charge in [-0.3, -0.25) is 15.1 Å². The average molecular weight is 341 g/mol. The molecule has 1 aromatic rings. The second-order valence-corrected chi connectivity index (χ2v) is 5.21. The van der Waals surface area contributed by atoms with Crippen LogP contribution in [0.3, 0.4) is 0 Å². The number of benzene rings is 1. The molecule has 0 radical (unpaired) electrons. The fourth-order valence-electron chi connectivity index (χ4n) is 2.29. The summed E-state index contributed by atoms with van der Waals surface area (Å²) in [6.45, 7) is 0.589. The third-order valence-electron chi connectivity index (χ3n) is 3.48. The van der Waals surface area contributed by atoms with Gasteiger partial charge in [-0.05, 0) is 25.0 Å². The van der Waals surface area contributed by atoms with Crippen molar-refractivity contribution in [1.29, 1.82) is 0 Å². The maximum absolute atomic E-state index is 11.2. The summed E-state index contributed by atoms with van der Waals surface area (Å²) in [6, 6.07) is 3.85. The van der Waals surface area contributed by atoms with E-state index < -0.39 is 48.1 Å². The lowest BCUT2D eigenvalue weighted by Gasteiger charge is -2.40. The largest absolute Gasteiger partial charge is 0.862 e. The summed E-state index contributed by atoms with van der Waals surface area (Å²) in [4.78, 5) is 13.7. The van der Waals surface area contributed by atoms with Crippen LogP contribution in [0.5, 0.6) is 5.75 Å². The van der Waals surface area contributed by atoms with Gasteiger partial charge in [0.25, 0.3) is 5.69 Å². The van der Waals surface area contributed by atoms with Crippen molar-refractivity contribution < 1.29 is 34.8 Å². The number of ether oxygens (including phenoxy) is 2. The zero-order valence-electron chi connectivity index (χ0n) is 12.7. The summed E-state index contributed by atoms with van der Waals surface area (Å²) in [6.07, 6.45) is -5.31. The zero-order chi connectivity index (χ0) is 17.9. The molecular formula is C14H17N2O8-. The minimum absolute atomic E-state index is 0.138. The highest BCUT2D eigenvalue weighted by Gasteiger charge is 2.45. The summed E-state index contributed by atoms with van der Waals surface area (Å²) in [7, 11) is 0. The Bertz CT molecular complexity index is 601. The molecule has 0 aromatic heterocycles. The molecule has 1 aromatic carbocycles. The number of nitro groups is 1. The number of rotatable bonds is 5. The lowest BCUT2D eigenvalue weighted by molar-refractivity contribution is -0.384. The van der Waals surface area contributed by atoms with Crippen LogP contribution >= 0.6 is 0 Å².